The number of hydrogen-bond donors (Lipinski definition) is 2. The Hall–Kier alpha value is -5.28. The van der Waals surface area contributed by atoms with Gasteiger partial charge >= 0.3 is 0 Å². The van der Waals surface area contributed by atoms with Crippen LogP contribution in [0.25, 0.3) is 32.2 Å². The van der Waals surface area contributed by atoms with Crippen molar-refractivity contribution in [1.82, 2.24) is 9.55 Å². The molecule has 9 heteroatoms. The normalized spacial score (nSPS) is 11.1. The third-order valence-electron chi connectivity index (χ3n) is 7.14. The SMILES string of the molecule is CN(C(=O)c1ccccc1)c1ccc2c(c1)nc(NC(=O)c1ccc(-c3cccc4ccccc34)s1)n2CCC(N)=O. The first-order valence-corrected chi connectivity index (χ1v) is 14.2. The van der Waals surface area contributed by atoms with E-state index in [2.05, 4.69) is 34.6 Å². The number of carbonyl (C=O) groups is 3. The van der Waals surface area contributed by atoms with Crippen molar-refractivity contribution in [2.45, 2.75) is 13.0 Å². The number of amides is 3. The molecule has 6 rings (SSSR count). The van der Waals surface area contributed by atoms with E-state index in [1.807, 2.05) is 54.6 Å². The maximum absolute atomic E-state index is 13.4. The summed E-state index contributed by atoms with van der Waals surface area (Å²) < 4.78 is 1.76. The topological polar surface area (TPSA) is 110 Å². The molecule has 42 heavy (non-hydrogen) atoms. The van der Waals surface area contributed by atoms with Gasteiger partial charge in [-0.3, -0.25) is 19.7 Å². The van der Waals surface area contributed by atoms with Crippen LogP contribution in [-0.2, 0) is 11.3 Å². The quantitative estimate of drug-likeness (QED) is 0.222. The fourth-order valence-electron chi connectivity index (χ4n) is 4.97. The summed E-state index contributed by atoms with van der Waals surface area (Å²) in [4.78, 5) is 45.8. The molecule has 6 aromatic rings. The number of aryl methyl sites for hydroxylation is 1. The summed E-state index contributed by atoms with van der Waals surface area (Å²) in [6.07, 6.45) is 0.0761. The number of rotatable bonds is 8. The van der Waals surface area contributed by atoms with Gasteiger partial charge in [0, 0.05) is 36.1 Å². The minimum atomic E-state index is -0.461. The van der Waals surface area contributed by atoms with Crippen LogP contribution in [0.4, 0.5) is 11.6 Å². The van der Waals surface area contributed by atoms with Crippen LogP contribution in [0.1, 0.15) is 26.5 Å². The van der Waals surface area contributed by atoms with Crippen LogP contribution >= 0.6 is 11.3 Å². The van der Waals surface area contributed by atoms with Crippen LogP contribution in [0.5, 0.6) is 0 Å². The number of carbonyl (C=O) groups excluding carboxylic acids is 3. The zero-order valence-electron chi connectivity index (χ0n) is 22.8. The van der Waals surface area contributed by atoms with Crippen LogP contribution in [0, 0.1) is 0 Å². The molecule has 0 bridgehead atoms. The number of nitrogens with two attached hydrogens (primary N) is 1. The number of nitrogens with one attached hydrogen (secondary N) is 1. The van der Waals surface area contributed by atoms with Gasteiger partial charge in [-0.2, -0.15) is 0 Å². The first-order valence-electron chi connectivity index (χ1n) is 13.4. The maximum Gasteiger partial charge on any atom is 0.268 e. The maximum atomic E-state index is 13.4. The molecule has 0 atom stereocenters. The number of imidazole rings is 1. The first-order chi connectivity index (χ1) is 20.4. The van der Waals surface area contributed by atoms with Crippen molar-refractivity contribution in [2.75, 3.05) is 17.3 Å². The van der Waals surface area contributed by atoms with Crippen LogP contribution in [-0.4, -0.2) is 34.3 Å². The Labute approximate surface area is 246 Å². The molecule has 208 valence electrons. The van der Waals surface area contributed by atoms with Crippen molar-refractivity contribution in [1.29, 1.82) is 0 Å². The molecule has 0 aliphatic rings. The second-order valence-electron chi connectivity index (χ2n) is 9.85. The highest BCUT2D eigenvalue weighted by Crippen LogP contribution is 2.34. The number of fused-ring (bicyclic) bond motifs is 2. The number of thiophene rings is 1. The molecular formula is C33H27N5O3S. The number of aromatic nitrogens is 2. The second kappa shape index (κ2) is 11.3. The smallest absolute Gasteiger partial charge is 0.268 e. The van der Waals surface area contributed by atoms with E-state index in [1.54, 1.807) is 40.8 Å². The monoisotopic (exact) mass is 573 g/mol. The average molecular weight is 574 g/mol. The standard InChI is InChI=1S/C33H27N5O3S/c1-37(32(41)22-9-3-2-4-10-22)23-14-15-27-26(20-23)35-33(38(27)19-18-30(34)39)36-31(40)29-17-16-28(42-29)25-13-7-11-21-8-5-6-12-24(21)25/h2-17,20H,18-19H2,1H3,(H2,34,39)(H,35,36,40). The Morgan fingerprint density at radius 2 is 1.67 bits per heavy atom. The molecule has 8 nitrogen and oxygen atoms in total. The zero-order valence-corrected chi connectivity index (χ0v) is 23.6. The third kappa shape index (κ3) is 5.25. The average Bonchev–Trinajstić information content (AvgIpc) is 3.64. The van der Waals surface area contributed by atoms with Gasteiger partial charge in [0.25, 0.3) is 11.8 Å². The predicted molar refractivity (Wildman–Crippen MR) is 168 cm³/mol. The van der Waals surface area contributed by atoms with Gasteiger partial charge in [0.05, 0.1) is 15.9 Å². The van der Waals surface area contributed by atoms with Gasteiger partial charge in [-0.15, -0.1) is 11.3 Å². The highest BCUT2D eigenvalue weighted by molar-refractivity contribution is 7.17. The van der Waals surface area contributed by atoms with Gasteiger partial charge in [0.1, 0.15) is 0 Å². The van der Waals surface area contributed by atoms with E-state index in [-0.39, 0.29) is 24.8 Å². The number of anilines is 2. The molecule has 2 heterocycles. The molecule has 0 fully saturated rings. The molecular weight excluding hydrogens is 546 g/mol. The van der Waals surface area contributed by atoms with Gasteiger partial charge in [0.2, 0.25) is 11.9 Å². The minimum Gasteiger partial charge on any atom is -0.370 e. The molecule has 3 amide bonds. The van der Waals surface area contributed by atoms with E-state index >= 15 is 0 Å². The Morgan fingerprint density at radius 1 is 0.905 bits per heavy atom. The lowest BCUT2D eigenvalue weighted by Crippen LogP contribution is -2.26. The van der Waals surface area contributed by atoms with Crippen molar-refractivity contribution in [3.05, 3.63) is 114 Å². The fraction of sp³-hybridized carbons (Fsp3) is 0.0909. The van der Waals surface area contributed by atoms with Crippen LogP contribution < -0.4 is 16.0 Å². The summed E-state index contributed by atoms with van der Waals surface area (Å²) in [6, 6.07) is 32.5. The van der Waals surface area contributed by atoms with Gasteiger partial charge in [0.15, 0.2) is 0 Å². The van der Waals surface area contributed by atoms with Gasteiger partial charge in [-0.25, -0.2) is 4.98 Å². The Morgan fingerprint density at radius 3 is 2.48 bits per heavy atom. The zero-order chi connectivity index (χ0) is 29.2. The van der Waals surface area contributed by atoms with Crippen molar-refractivity contribution in [3.63, 3.8) is 0 Å². The summed E-state index contributed by atoms with van der Waals surface area (Å²) in [6.45, 7) is 0.241. The lowest BCUT2D eigenvalue weighted by Gasteiger charge is -2.17. The molecule has 0 spiro atoms. The van der Waals surface area contributed by atoms with Crippen LogP contribution in [0.2, 0.25) is 0 Å². The summed E-state index contributed by atoms with van der Waals surface area (Å²) in [5.41, 5.74) is 9.00. The van der Waals surface area contributed by atoms with Crippen molar-refractivity contribution < 1.29 is 14.4 Å². The summed E-state index contributed by atoms with van der Waals surface area (Å²) in [7, 11) is 1.70. The van der Waals surface area contributed by atoms with E-state index in [9.17, 15) is 14.4 Å². The van der Waals surface area contributed by atoms with Gasteiger partial charge in [-0.05, 0) is 58.8 Å². The number of primary amides is 1. The largest absolute Gasteiger partial charge is 0.370 e. The number of hydrogen-bond acceptors (Lipinski definition) is 5. The van der Waals surface area contributed by atoms with Crippen molar-refractivity contribution >= 4 is 62.5 Å². The second-order valence-corrected chi connectivity index (χ2v) is 10.9. The third-order valence-corrected chi connectivity index (χ3v) is 8.25. The lowest BCUT2D eigenvalue weighted by molar-refractivity contribution is -0.118. The van der Waals surface area contributed by atoms with E-state index in [4.69, 9.17) is 5.73 Å². The summed E-state index contributed by atoms with van der Waals surface area (Å²) in [5.74, 6) is -0.627. The molecule has 2 aromatic heterocycles. The fourth-order valence-corrected chi connectivity index (χ4v) is 5.91. The predicted octanol–water partition coefficient (Wildman–Crippen LogP) is 6.32. The Kier molecular flexibility index (Phi) is 7.24. The van der Waals surface area contributed by atoms with Crippen molar-refractivity contribution in [2.24, 2.45) is 5.73 Å². The van der Waals surface area contributed by atoms with Gasteiger partial charge < -0.3 is 15.2 Å². The molecule has 3 N–H and O–H groups in total. The van der Waals surface area contributed by atoms with E-state index in [0.717, 1.165) is 21.2 Å². The lowest BCUT2D eigenvalue weighted by atomic mass is 10.0. The van der Waals surface area contributed by atoms with Crippen molar-refractivity contribution in [3.8, 4) is 10.4 Å². The Balaban J connectivity index is 1.30. The van der Waals surface area contributed by atoms with E-state index in [0.29, 0.717) is 33.1 Å². The van der Waals surface area contributed by atoms with Crippen LogP contribution in [0.3, 0.4) is 0 Å². The summed E-state index contributed by atoms with van der Waals surface area (Å²) >= 11 is 1.40. The first kappa shape index (κ1) is 26.9. The molecule has 0 aliphatic heterocycles. The molecule has 4 aromatic carbocycles. The number of nitrogens with zero attached hydrogens (tertiary/aromatic N) is 3. The van der Waals surface area contributed by atoms with E-state index < -0.39 is 5.91 Å². The molecule has 0 unspecified atom stereocenters. The van der Waals surface area contributed by atoms with Gasteiger partial charge in [-0.1, -0.05) is 60.7 Å². The molecule has 0 saturated heterocycles. The summed E-state index contributed by atoms with van der Waals surface area (Å²) in [5, 5.41) is 5.18. The molecule has 0 radical (unpaired) electrons. The minimum absolute atomic E-state index is 0.0761. The Bertz CT molecular complexity index is 1960. The highest BCUT2D eigenvalue weighted by Gasteiger charge is 2.19. The van der Waals surface area contributed by atoms with E-state index in [1.165, 1.54) is 11.3 Å². The van der Waals surface area contributed by atoms with Crippen LogP contribution in [0.15, 0.2) is 103 Å². The molecule has 0 aliphatic carbocycles. The molecule has 0 saturated carbocycles. The number of benzene rings is 4. The highest BCUT2D eigenvalue weighted by atomic mass is 32.1.